The van der Waals surface area contributed by atoms with Crippen molar-refractivity contribution in [1.82, 2.24) is 0 Å². The van der Waals surface area contributed by atoms with Gasteiger partial charge in [-0.15, -0.1) is 0 Å². The lowest BCUT2D eigenvalue weighted by molar-refractivity contribution is -0.229. The Morgan fingerprint density at radius 1 is 1.12 bits per heavy atom. The Morgan fingerprint density at radius 3 is 2.25 bits per heavy atom. The summed E-state index contributed by atoms with van der Waals surface area (Å²) in [4.78, 5) is 0. The van der Waals surface area contributed by atoms with E-state index >= 15 is 0 Å². The Balaban J connectivity index is 2.00. The maximum absolute atomic E-state index is 5.79. The Hall–Kier alpha value is -0.860. The first-order chi connectivity index (χ1) is 7.58. The molecule has 0 radical (unpaired) electrons. The van der Waals surface area contributed by atoms with Crippen molar-refractivity contribution in [3.05, 3.63) is 35.9 Å². The summed E-state index contributed by atoms with van der Waals surface area (Å²) in [5.74, 6) is 0.289. The van der Waals surface area contributed by atoms with Crippen molar-refractivity contribution in [2.24, 2.45) is 5.41 Å². The highest BCUT2D eigenvalue weighted by Crippen LogP contribution is 2.30. The normalized spacial score (nSPS) is 22.9. The van der Waals surface area contributed by atoms with Gasteiger partial charge in [-0.05, 0) is 5.56 Å². The van der Waals surface area contributed by atoms with E-state index in [0.717, 1.165) is 13.2 Å². The van der Waals surface area contributed by atoms with E-state index in [1.807, 2.05) is 6.07 Å². The quantitative estimate of drug-likeness (QED) is 0.762. The van der Waals surface area contributed by atoms with E-state index in [-0.39, 0.29) is 17.6 Å². The van der Waals surface area contributed by atoms with Crippen molar-refractivity contribution < 1.29 is 9.47 Å². The van der Waals surface area contributed by atoms with Gasteiger partial charge in [-0.3, -0.25) is 0 Å². The lowest BCUT2D eigenvalue weighted by atomic mass is 9.94. The average molecular weight is 220 g/mol. The topological polar surface area (TPSA) is 18.5 Å². The van der Waals surface area contributed by atoms with Gasteiger partial charge >= 0.3 is 0 Å². The van der Waals surface area contributed by atoms with Crippen LogP contribution in [-0.2, 0) is 9.47 Å². The van der Waals surface area contributed by atoms with Gasteiger partial charge in [-0.1, -0.05) is 51.1 Å². The van der Waals surface area contributed by atoms with Crippen LogP contribution in [0.1, 0.15) is 32.3 Å². The summed E-state index contributed by atoms with van der Waals surface area (Å²) in [7, 11) is 0. The SMILES string of the molecule is C[C@H](c1ccccc1)C1OCC(C)(C)CO1. The number of ether oxygens (including phenoxy) is 2. The molecule has 1 atom stereocenters. The van der Waals surface area contributed by atoms with Crippen molar-refractivity contribution >= 4 is 0 Å². The van der Waals surface area contributed by atoms with E-state index in [4.69, 9.17) is 9.47 Å². The van der Waals surface area contributed by atoms with Crippen molar-refractivity contribution in [2.45, 2.75) is 33.0 Å². The minimum Gasteiger partial charge on any atom is -0.351 e. The lowest BCUT2D eigenvalue weighted by Crippen LogP contribution is -2.39. The molecule has 1 aliphatic heterocycles. The maximum Gasteiger partial charge on any atom is 0.164 e. The minimum absolute atomic E-state index is 0.101. The molecule has 0 unspecified atom stereocenters. The van der Waals surface area contributed by atoms with Crippen LogP contribution in [0.4, 0.5) is 0 Å². The van der Waals surface area contributed by atoms with Gasteiger partial charge in [-0.25, -0.2) is 0 Å². The first-order valence-corrected chi connectivity index (χ1v) is 5.87. The van der Waals surface area contributed by atoms with Gasteiger partial charge in [-0.2, -0.15) is 0 Å². The second kappa shape index (κ2) is 4.56. The molecule has 0 aromatic heterocycles. The first-order valence-electron chi connectivity index (χ1n) is 5.87. The fraction of sp³-hybridized carbons (Fsp3) is 0.571. The summed E-state index contributed by atoms with van der Waals surface area (Å²) in [6, 6.07) is 10.4. The fourth-order valence-electron chi connectivity index (χ4n) is 1.91. The van der Waals surface area contributed by atoms with E-state index in [9.17, 15) is 0 Å². The fourth-order valence-corrected chi connectivity index (χ4v) is 1.91. The summed E-state index contributed by atoms with van der Waals surface area (Å²) in [5, 5.41) is 0. The summed E-state index contributed by atoms with van der Waals surface area (Å²) in [6.07, 6.45) is -0.101. The number of hydrogen-bond donors (Lipinski definition) is 0. The second-order valence-corrected chi connectivity index (χ2v) is 5.35. The van der Waals surface area contributed by atoms with Crippen LogP contribution in [0, 0.1) is 5.41 Å². The highest BCUT2D eigenvalue weighted by atomic mass is 16.7. The monoisotopic (exact) mass is 220 g/mol. The molecule has 1 saturated heterocycles. The first kappa shape index (κ1) is 11.6. The highest BCUT2D eigenvalue weighted by molar-refractivity contribution is 5.19. The predicted molar refractivity (Wildman–Crippen MR) is 64.3 cm³/mol. The van der Waals surface area contributed by atoms with Crippen LogP contribution in [0.3, 0.4) is 0 Å². The highest BCUT2D eigenvalue weighted by Gasteiger charge is 2.31. The van der Waals surface area contributed by atoms with E-state index in [1.165, 1.54) is 5.56 Å². The smallest absolute Gasteiger partial charge is 0.164 e. The Bertz CT molecular complexity index is 322. The molecule has 0 aliphatic carbocycles. The second-order valence-electron chi connectivity index (χ2n) is 5.35. The molecule has 2 nitrogen and oxygen atoms in total. The molecule has 16 heavy (non-hydrogen) atoms. The molecule has 0 amide bonds. The average Bonchev–Trinajstić information content (AvgIpc) is 2.29. The van der Waals surface area contributed by atoms with Gasteiger partial charge in [0.25, 0.3) is 0 Å². The van der Waals surface area contributed by atoms with Crippen LogP contribution in [0.25, 0.3) is 0 Å². The molecule has 1 aliphatic rings. The van der Waals surface area contributed by atoms with Crippen molar-refractivity contribution in [1.29, 1.82) is 0 Å². The molecule has 0 saturated carbocycles. The van der Waals surface area contributed by atoms with Gasteiger partial charge in [0.2, 0.25) is 0 Å². The zero-order valence-electron chi connectivity index (χ0n) is 10.3. The molecular formula is C14H20O2. The van der Waals surface area contributed by atoms with E-state index in [2.05, 4.69) is 45.0 Å². The lowest BCUT2D eigenvalue weighted by Gasteiger charge is -2.37. The van der Waals surface area contributed by atoms with E-state index < -0.39 is 0 Å². The van der Waals surface area contributed by atoms with Crippen LogP contribution in [-0.4, -0.2) is 19.5 Å². The molecule has 1 heterocycles. The Kier molecular flexibility index (Phi) is 3.31. The minimum atomic E-state index is -0.101. The molecule has 1 aromatic rings. The molecular weight excluding hydrogens is 200 g/mol. The predicted octanol–water partition coefficient (Wildman–Crippen LogP) is 3.19. The Morgan fingerprint density at radius 2 is 1.69 bits per heavy atom. The molecule has 0 N–H and O–H groups in total. The molecule has 2 rings (SSSR count). The van der Waals surface area contributed by atoms with Crippen molar-refractivity contribution in [3.8, 4) is 0 Å². The molecule has 1 fully saturated rings. The van der Waals surface area contributed by atoms with Crippen LogP contribution >= 0.6 is 0 Å². The third-order valence-electron chi connectivity index (χ3n) is 3.01. The van der Waals surface area contributed by atoms with Crippen molar-refractivity contribution in [2.75, 3.05) is 13.2 Å². The molecule has 2 heteroatoms. The standard InChI is InChI=1S/C14H20O2/c1-11(12-7-5-4-6-8-12)13-15-9-14(2,3)10-16-13/h4-8,11,13H,9-10H2,1-3H3/t11-/m1/s1. The van der Waals surface area contributed by atoms with Crippen LogP contribution < -0.4 is 0 Å². The van der Waals surface area contributed by atoms with Gasteiger partial charge in [0.05, 0.1) is 13.2 Å². The van der Waals surface area contributed by atoms with Crippen molar-refractivity contribution in [3.63, 3.8) is 0 Å². The van der Waals surface area contributed by atoms with E-state index in [0.29, 0.717) is 0 Å². The summed E-state index contributed by atoms with van der Waals surface area (Å²) in [5.41, 5.74) is 1.42. The molecule has 0 spiro atoms. The Labute approximate surface area is 97.6 Å². The molecule has 88 valence electrons. The number of rotatable bonds is 2. The third kappa shape index (κ3) is 2.63. The number of hydrogen-bond acceptors (Lipinski definition) is 2. The number of benzene rings is 1. The van der Waals surface area contributed by atoms with E-state index in [1.54, 1.807) is 0 Å². The summed E-state index contributed by atoms with van der Waals surface area (Å²) >= 11 is 0. The largest absolute Gasteiger partial charge is 0.351 e. The third-order valence-corrected chi connectivity index (χ3v) is 3.01. The van der Waals surface area contributed by atoms with Crippen LogP contribution in [0.15, 0.2) is 30.3 Å². The maximum atomic E-state index is 5.79. The van der Waals surface area contributed by atoms with Crippen LogP contribution in [0.5, 0.6) is 0 Å². The molecule has 0 bridgehead atoms. The zero-order chi connectivity index (χ0) is 11.6. The van der Waals surface area contributed by atoms with Gasteiger partial charge < -0.3 is 9.47 Å². The molecule has 1 aromatic carbocycles. The van der Waals surface area contributed by atoms with Gasteiger partial charge in [0.15, 0.2) is 6.29 Å². The van der Waals surface area contributed by atoms with Crippen LogP contribution in [0.2, 0.25) is 0 Å². The summed E-state index contributed by atoms with van der Waals surface area (Å²) in [6.45, 7) is 8.02. The zero-order valence-corrected chi connectivity index (χ0v) is 10.3. The summed E-state index contributed by atoms with van der Waals surface area (Å²) < 4.78 is 11.6. The van der Waals surface area contributed by atoms with Gasteiger partial charge in [0, 0.05) is 11.3 Å². The van der Waals surface area contributed by atoms with Gasteiger partial charge in [0.1, 0.15) is 0 Å².